The lowest BCUT2D eigenvalue weighted by Crippen LogP contribution is -2.55. The van der Waals surface area contributed by atoms with Gasteiger partial charge in [-0.15, -0.1) is 11.3 Å². The first-order chi connectivity index (χ1) is 8.63. The Morgan fingerprint density at radius 2 is 2.06 bits per heavy atom. The average molecular weight is 265 g/mol. The highest BCUT2D eigenvalue weighted by Gasteiger charge is 2.30. The summed E-state index contributed by atoms with van der Waals surface area (Å²) in [6.45, 7) is 5.79. The number of piperazine rings is 1. The molecule has 98 valence electrons. The second kappa shape index (κ2) is 4.63. The van der Waals surface area contributed by atoms with Crippen molar-refractivity contribution in [3.05, 3.63) is 16.1 Å². The van der Waals surface area contributed by atoms with E-state index in [1.807, 2.05) is 10.3 Å². The Balaban J connectivity index is 1.72. The van der Waals surface area contributed by atoms with Crippen molar-refractivity contribution in [1.82, 2.24) is 15.2 Å². The van der Waals surface area contributed by atoms with E-state index in [0.29, 0.717) is 23.7 Å². The molecule has 2 atom stereocenters. The number of carbonyl (C=O) groups excluding carboxylic acids is 1. The largest absolute Gasteiger partial charge is 0.334 e. The minimum Gasteiger partial charge on any atom is -0.334 e. The third-order valence-electron chi connectivity index (χ3n) is 3.51. The van der Waals surface area contributed by atoms with Crippen molar-refractivity contribution in [2.24, 2.45) is 0 Å². The normalized spacial score (nSPS) is 28.4. The van der Waals surface area contributed by atoms with Crippen LogP contribution >= 0.6 is 11.3 Å². The Labute approximate surface area is 111 Å². The number of nitrogens with one attached hydrogen (secondary N) is 1. The molecule has 1 amide bonds. The Morgan fingerprint density at radius 1 is 1.39 bits per heavy atom. The Morgan fingerprint density at radius 3 is 2.67 bits per heavy atom. The summed E-state index contributed by atoms with van der Waals surface area (Å²) in [6, 6.07) is 0.721. The fourth-order valence-corrected chi connectivity index (χ4v) is 3.52. The molecule has 0 aromatic carbocycles. The molecular weight excluding hydrogens is 246 g/mol. The molecule has 0 spiro atoms. The molecule has 1 aromatic heterocycles. The summed E-state index contributed by atoms with van der Waals surface area (Å²) < 4.78 is 0. The highest BCUT2D eigenvalue weighted by Crippen LogP contribution is 2.41. The van der Waals surface area contributed by atoms with Crippen LogP contribution in [0.1, 0.15) is 48.1 Å². The van der Waals surface area contributed by atoms with Gasteiger partial charge in [0.25, 0.3) is 5.91 Å². The van der Waals surface area contributed by atoms with Gasteiger partial charge in [0, 0.05) is 36.5 Å². The van der Waals surface area contributed by atoms with E-state index in [2.05, 4.69) is 24.1 Å². The zero-order chi connectivity index (χ0) is 12.7. The molecule has 1 N–H and O–H groups in total. The molecule has 1 aromatic rings. The van der Waals surface area contributed by atoms with E-state index in [-0.39, 0.29) is 5.91 Å². The molecule has 18 heavy (non-hydrogen) atoms. The average Bonchev–Trinajstić information content (AvgIpc) is 3.05. The van der Waals surface area contributed by atoms with E-state index >= 15 is 0 Å². The maximum absolute atomic E-state index is 12.4. The number of hydrogen-bond acceptors (Lipinski definition) is 4. The van der Waals surface area contributed by atoms with Crippen molar-refractivity contribution < 1.29 is 4.79 Å². The smallest absolute Gasteiger partial charge is 0.273 e. The minimum atomic E-state index is 0.0957. The quantitative estimate of drug-likeness (QED) is 0.887. The molecule has 0 unspecified atom stereocenters. The first kappa shape index (κ1) is 12.1. The number of carbonyl (C=O) groups is 1. The third-order valence-corrected chi connectivity index (χ3v) is 4.52. The Bertz CT molecular complexity index is 445. The number of thiazole rings is 1. The summed E-state index contributed by atoms with van der Waals surface area (Å²) in [5, 5.41) is 6.51. The minimum absolute atomic E-state index is 0.0957. The highest BCUT2D eigenvalue weighted by molar-refractivity contribution is 7.10. The zero-order valence-electron chi connectivity index (χ0n) is 10.8. The molecule has 1 aliphatic heterocycles. The molecule has 0 bridgehead atoms. The van der Waals surface area contributed by atoms with Crippen LogP contribution in [0, 0.1) is 0 Å². The van der Waals surface area contributed by atoms with Gasteiger partial charge < -0.3 is 10.2 Å². The van der Waals surface area contributed by atoms with Gasteiger partial charge in [0.05, 0.1) is 5.01 Å². The van der Waals surface area contributed by atoms with Crippen LogP contribution in [-0.2, 0) is 0 Å². The van der Waals surface area contributed by atoms with E-state index in [9.17, 15) is 4.79 Å². The molecule has 1 saturated carbocycles. The topological polar surface area (TPSA) is 45.2 Å². The summed E-state index contributed by atoms with van der Waals surface area (Å²) in [7, 11) is 0. The van der Waals surface area contributed by atoms with Gasteiger partial charge in [-0.2, -0.15) is 0 Å². The summed E-state index contributed by atoms with van der Waals surface area (Å²) in [4.78, 5) is 18.8. The summed E-state index contributed by atoms with van der Waals surface area (Å²) in [6.07, 6.45) is 2.48. The maximum Gasteiger partial charge on any atom is 0.273 e. The first-order valence-electron chi connectivity index (χ1n) is 6.64. The van der Waals surface area contributed by atoms with Crippen molar-refractivity contribution in [2.45, 2.75) is 44.7 Å². The fourth-order valence-electron chi connectivity index (χ4n) is 2.56. The molecule has 5 heteroatoms. The molecule has 0 radical (unpaired) electrons. The van der Waals surface area contributed by atoms with Crippen molar-refractivity contribution in [2.75, 3.05) is 13.1 Å². The molecule has 1 saturated heterocycles. The first-order valence-corrected chi connectivity index (χ1v) is 7.52. The second-order valence-electron chi connectivity index (χ2n) is 5.52. The van der Waals surface area contributed by atoms with Crippen LogP contribution in [0.2, 0.25) is 0 Å². The highest BCUT2D eigenvalue weighted by atomic mass is 32.1. The number of amides is 1. The van der Waals surface area contributed by atoms with Crippen LogP contribution < -0.4 is 5.32 Å². The van der Waals surface area contributed by atoms with Crippen LogP contribution in [0.3, 0.4) is 0 Å². The Hall–Kier alpha value is -0.940. The molecule has 2 heterocycles. The lowest BCUT2D eigenvalue weighted by molar-refractivity contribution is 0.0668. The van der Waals surface area contributed by atoms with Crippen LogP contribution in [0.25, 0.3) is 0 Å². The summed E-state index contributed by atoms with van der Waals surface area (Å²) >= 11 is 1.64. The monoisotopic (exact) mass is 265 g/mol. The number of nitrogens with zero attached hydrogens (tertiary/aromatic N) is 2. The molecule has 4 nitrogen and oxygen atoms in total. The van der Waals surface area contributed by atoms with Gasteiger partial charge >= 0.3 is 0 Å². The van der Waals surface area contributed by atoms with E-state index < -0.39 is 0 Å². The molecule has 3 rings (SSSR count). The predicted octanol–water partition coefficient (Wildman–Crippen LogP) is 1.84. The summed E-state index contributed by atoms with van der Waals surface area (Å²) in [5.41, 5.74) is 0.642. The standard InChI is InChI=1S/C13H19N3OS/c1-8-5-16(6-9(2)14-8)13(17)11-7-18-12(15-11)10-3-4-10/h7-10,14H,3-6H2,1-2H3/t8-,9+. The van der Waals surface area contributed by atoms with Crippen LogP contribution in [0.15, 0.2) is 5.38 Å². The van der Waals surface area contributed by atoms with Gasteiger partial charge in [0.1, 0.15) is 5.69 Å². The maximum atomic E-state index is 12.4. The van der Waals surface area contributed by atoms with Crippen molar-refractivity contribution in [3.8, 4) is 0 Å². The van der Waals surface area contributed by atoms with Gasteiger partial charge in [0.2, 0.25) is 0 Å². The van der Waals surface area contributed by atoms with Crippen LogP contribution in [0.4, 0.5) is 0 Å². The fraction of sp³-hybridized carbons (Fsp3) is 0.692. The SMILES string of the molecule is C[C@@H]1CN(C(=O)c2csc(C3CC3)n2)C[C@H](C)N1. The van der Waals surface area contributed by atoms with Gasteiger partial charge in [-0.1, -0.05) is 0 Å². The lowest BCUT2D eigenvalue weighted by Gasteiger charge is -2.35. The van der Waals surface area contributed by atoms with Crippen molar-refractivity contribution in [3.63, 3.8) is 0 Å². The van der Waals surface area contributed by atoms with Crippen LogP contribution in [-0.4, -0.2) is 41.0 Å². The molecular formula is C13H19N3OS. The molecule has 2 aliphatic rings. The number of aromatic nitrogens is 1. The van der Waals surface area contributed by atoms with Crippen molar-refractivity contribution in [1.29, 1.82) is 0 Å². The predicted molar refractivity (Wildman–Crippen MR) is 72.1 cm³/mol. The molecule has 2 fully saturated rings. The van der Waals surface area contributed by atoms with E-state index in [1.54, 1.807) is 11.3 Å². The van der Waals surface area contributed by atoms with Gasteiger partial charge in [-0.3, -0.25) is 4.79 Å². The second-order valence-corrected chi connectivity index (χ2v) is 6.41. The number of hydrogen-bond donors (Lipinski definition) is 1. The third kappa shape index (κ3) is 2.42. The van der Waals surface area contributed by atoms with E-state index in [0.717, 1.165) is 18.1 Å². The van der Waals surface area contributed by atoms with Gasteiger partial charge in [-0.25, -0.2) is 4.98 Å². The van der Waals surface area contributed by atoms with Crippen LogP contribution in [0.5, 0.6) is 0 Å². The summed E-state index contributed by atoms with van der Waals surface area (Å²) in [5.74, 6) is 0.732. The van der Waals surface area contributed by atoms with Gasteiger partial charge in [0.15, 0.2) is 0 Å². The van der Waals surface area contributed by atoms with E-state index in [4.69, 9.17) is 0 Å². The Kier molecular flexibility index (Phi) is 3.11. The number of rotatable bonds is 2. The lowest BCUT2D eigenvalue weighted by atomic mass is 10.1. The van der Waals surface area contributed by atoms with Crippen molar-refractivity contribution >= 4 is 17.2 Å². The van der Waals surface area contributed by atoms with E-state index in [1.165, 1.54) is 12.8 Å². The van der Waals surface area contributed by atoms with Gasteiger partial charge in [-0.05, 0) is 26.7 Å². The zero-order valence-corrected chi connectivity index (χ0v) is 11.7. The molecule has 1 aliphatic carbocycles.